The molecule has 1 aliphatic heterocycles. The zero-order chi connectivity index (χ0) is 15.5. The van der Waals surface area contributed by atoms with Gasteiger partial charge in [-0.15, -0.1) is 24.8 Å². The first kappa shape index (κ1) is 22.7. The Morgan fingerprint density at radius 1 is 1.09 bits per heavy atom. The fourth-order valence-corrected chi connectivity index (χ4v) is 3.50. The van der Waals surface area contributed by atoms with Crippen LogP contribution in [0.4, 0.5) is 0 Å². The van der Waals surface area contributed by atoms with E-state index in [-0.39, 0.29) is 24.8 Å². The van der Waals surface area contributed by atoms with Crippen LogP contribution in [0.15, 0.2) is 29.2 Å². The second-order valence-electron chi connectivity index (χ2n) is 6.27. The fraction of sp³-hybridized carbons (Fsp3) is 0.625. The summed E-state index contributed by atoms with van der Waals surface area (Å²) in [6.07, 6.45) is 2.35. The predicted molar refractivity (Wildman–Crippen MR) is 101 cm³/mol. The summed E-state index contributed by atoms with van der Waals surface area (Å²) in [5.74, 6) is 0.611. The van der Waals surface area contributed by atoms with Gasteiger partial charge in [-0.05, 0) is 30.0 Å². The van der Waals surface area contributed by atoms with E-state index < -0.39 is 9.84 Å². The Labute approximate surface area is 152 Å². The van der Waals surface area contributed by atoms with E-state index in [2.05, 4.69) is 24.1 Å². The number of rotatable bonds is 5. The van der Waals surface area contributed by atoms with Gasteiger partial charge in [0.1, 0.15) is 0 Å². The molecule has 0 amide bonds. The van der Waals surface area contributed by atoms with Crippen molar-refractivity contribution in [3.8, 4) is 0 Å². The molecular weight excluding hydrogens is 355 g/mol. The Balaban J connectivity index is 0.00000242. The Hall–Kier alpha value is -0.330. The van der Waals surface area contributed by atoms with Crippen LogP contribution in [0.5, 0.6) is 0 Å². The zero-order valence-corrected chi connectivity index (χ0v) is 16.4. The van der Waals surface area contributed by atoms with Crippen LogP contribution in [0.1, 0.15) is 31.9 Å². The van der Waals surface area contributed by atoms with E-state index in [9.17, 15) is 8.42 Å². The highest BCUT2D eigenvalue weighted by Crippen LogP contribution is 2.28. The summed E-state index contributed by atoms with van der Waals surface area (Å²) >= 11 is 0. The Kier molecular flexibility index (Phi) is 9.70. The summed E-state index contributed by atoms with van der Waals surface area (Å²) in [7, 11) is -3.12. The summed E-state index contributed by atoms with van der Waals surface area (Å²) in [5, 5.41) is 3.38. The third-order valence-corrected chi connectivity index (χ3v) is 5.11. The van der Waals surface area contributed by atoms with Gasteiger partial charge in [-0.25, -0.2) is 8.42 Å². The smallest absolute Gasteiger partial charge is 0.175 e. The van der Waals surface area contributed by atoms with Crippen molar-refractivity contribution in [3.63, 3.8) is 0 Å². The highest BCUT2D eigenvalue weighted by Gasteiger charge is 2.23. The molecule has 1 heterocycles. The molecule has 0 aromatic heterocycles. The minimum atomic E-state index is -3.12. The van der Waals surface area contributed by atoms with Crippen molar-refractivity contribution < 1.29 is 8.42 Å². The second-order valence-corrected chi connectivity index (χ2v) is 8.29. The summed E-state index contributed by atoms with van der Waals surface area (Å²) in [6, 6.07) is 7.80. The molecular formula is C16H28Cl2N2O2S. The van der Waals surface area contributed by atoms with Crippen molar-refractivity contribution in [2.75, 3.05) is 32.4 Å². The lowest BCUT2D eigenvalue weighted by atomic mass is 9.95. The second kappa shape index (κ2) is 9.84. The standard InChI is InChI=1S/C16H26N2O2S.2ClH/c1-13(2)12-16(18-10-8-17-9-11-18)14-4-6-15(7-5-14)21(3,19)20;;/h4-7,13,16-17H,8-12H2,1-3H3;2*1H/t16-;;/m0../s1. The molecule has 1 saturated heterocycles. The number of nitrogens with one attached hydrogen (secondary N) is 1. The lowest BCUT2D eigenvalue weighted by molar-refractivity contribution is 0.154. The molecule has 4 nitrogen and oxygen atoms in total. The largest absolute Gasteiger partial charge is 0.314 e. The Morgan fingerprint density at radius 2 is 1.61 bits per heavy atom. The molecule has 0 bridgehead atoms. The van der Waals surface area contributed by atoms with Gasteiger partial charge in [-0.3, -0.25) is 4.90 Å². The topological polar surface area (TPSA) is 49.4 Å². The van der Waals surface area contributed by atoms with Crippen LogP contribution in [0.3, 0.4) is 0 Å². The van der Waals surface area contributed by atoms with E-state index in [1.807, 2.05) is 12.1 Å². The van der Waals surface area contributed by atoms with Gasteiger partial charge in [0.05, 0.1) is 4.90 Å². The monoisotopic (exact) mass is 382 g/mol. The summed E-state index contributed by atoms with van der Waals surface area (Å²) in [6.45, 7) is 8.61. The SMILES string of the molecule is CC(C)C[C@@H](c1ccc(S(C)(=O)=O)cc1)N1CCNCC1.Cl.Cl. The highest BCUT2D eigenvalue weighted by molar-refractivity contribution is 7.90. The van der Waals surface area contributed by atoms with Gasteiger partial charge in [0.15, 0.2) is 9.84 Å². The number of halogens is 2. The van der Waals surface area contributed by atoms with Crippen LogP contribution in [0, 0.1) is 5.92 Å². The maximum atomic E-state index is 11.6. The predicted octanol–water partition coefficient (Wildman–Crippen LogP) is 2.93. The van der Waals surface area contributed by atoms with Crippen LogP contribution in [0.2, 0.25) is 0 Å². The summed E-state index contributed by atoms with van der Waals surface area (Å²) in [4.78, 5) is 2.90. The Bertz CT molecular complexity index is 556. The van der Waals surface area contributed by atoms with Gasteiger partial charge >= 0.3 is 0 Å². The fourth-order valence-electron chi connectivity index (χ4n) is 2.87. The first-order valence-electron chi connectivity index (χ1n) is 7.62. The van der Waals surface area contributed by atoms with E-state index in [0.717, 1.165) is 32.6 Å². The van der Waals surface area contributed by atoms with Crippen molar-refractivity contribution >= 4 is 34.7 Å². The van der Waals surface area contributed by atoms with Gasteiger partial charge in [-0.2, -0.15) is 0 Å². The van der Waals surface area contributed by atoms with E-state index >= 15 is 0 Å². The number of sulfone groups is 1. The average molecular weight is 383 g/mol. The first-order chi connectivity index (χ1) is 9.88. The van der Waals surface area contributed by atoms with Gasteiger partial charge in [-0.1, -0.05) is 26.0 Å². The normalized spacial score (nSPS) is 17.2. The highest BCUT2D eigenvalue weighted by atomic mass is 35.5. The van der Waals surface area contributed by atoms with Crippen LogP contribution in [-0.4, -0.2) is 45.8 Å². The third-order valence-electron chi connectivity index (χ3n) is 3.98. The average Bonchev–Trinajstić information content (AvgIpc) is 2.45. The molecule has 1 aromatic carbocycles. The lowest BCUT2D eigenvalue weighted by Crippen LogP contribution is -2.45. The minimum Gasteiger partial charge on any atom is -0.314 e. The number of hydrogen-bond donors (Lipinski definition) is 1. The summed E-state index contributed by atoms with van der Waals surface area (Å²) < 4.78 is 23.1. The van der Waals surface area contributed by atoms with Crippen molar-refractivity contribution in [3.05, 3.63) is 29.8 Å². The molecule has 2 rings (SSSR count). The van der Waals surface area contributed by atoms with Crippen molar-refractivity contribution in [1.82, 2.24) is 10.2 Å². The molecule has 1 atom stereocenters. The molecule has 0 spiro atoms. The van der Waals surface area contributed by atoms with E-state index in [1.54, 1.807) is 12.1 Å². The first-order valence-corrected chi connectivity index (χ1v) is 9.52. The molecule has 0 aliphatic carbocycles. The van der Waals surface area contributed by atoms with Gasteiger partial charge in [0, 0.05) is 38.5 Å². The van der Waals surface area contributed by atoms with Gasteiger partial charge in [0.25, 0.3) is 0 Å². The Morgan fingerprint density at radius 3 is 2.04 bits per heavy atom. The van der Waals surface area contributed by atoms with E-state index in [0.29, 0.717) is 16.9 Å². The number of benzene rings is 1. The summed E-state index contributed by atoms with van der Waals surface area (Å²) in [5.41, 5.74) is 1.22. The van der Waals surface area contributed by atoms with Crippen molar-refractivity contribution in [2.45, 2.75) is 31.2 Å². The van der Waals surface area contributed by atoms with Gasteiger partial charge < -0.3 is 5.32 Å². The zero-order valence-electron chi connectivity index (χ0n) is 14.0. The molecule has 7 heteroatoms. The van der Waals surface area contributed by atoms with Gasteiger partial charge in [0.2, 0.25) is 0 Å². The molecule has 23 heavy (non-hydrogen) atoms. The maximum Gasteiger partial charge on any atom is 0.175 e. The maximum absolute atomic E-state index is 11.6. The molecule has 0 radical (unpaired) electrons. The number of hydrogen-bond acceptors (Lipinski definition) is 4. The van der Waals surface area contributed by atoms with E-state index in [4.69, 9.17) is 0 Å². The van der Waals surface area contributed by atoms with Crippen molar-refractivity contribution in [1.29, 1.82) is 0 Å². The molecule has 134 valence electrons. The molecule has 1 N–H and O–H groups in total. The molecule has 1 aliphatic rings. The number of nitrogens with zero attached hydrogens (tertiary/aromatic N) is 1. The molecule has 1 fully saturated rings. The number of piperazine rings is 1. The van der Waals surface area contributed by atoms with Crippen molar-refractivity contribution in [2.24, 2.45) is 5.92 Å². The van der Waals surface area contributed by atoms with Crippen LogP contribution in [-0.2, 0) is 9.84 Å². The van der Waals surface area contributed by atoms with Crippen LogP contribution in [0.25, 0.3) is 0 Å². The van der Waals surface area contributed by atoms with Crippen LogP contribution >= 0.6 is 24.8 Å². The third kappa shape index (κ3) is 6.59. The quantitative estimate of drug-likeness (QED) is 0.850. The minimum absolute atomic E-state index is 0. The molecule has 0 unspecified atom stereocenters. The molecule has 1 aromatic rings. The van der Waals surface area contributed by atoms with E-state index in [1.165, 1.54) is 11.8 Å². The molecule has 0 saturated carbocycles. The lowest BCUT2D eigenvalue weighted by Gasteiger charge is -2.36. The van der Waals surface area contributed by atoms with Crippen LogP contribution < -0.4 is 5.32 Å².